The molecule has 5 nitrogen and oxygen atoms in total. The molecule has 0 radical (unpaired) electrons. The topological polar surface area (TPSA) is 68.4 Å². The standard InChI is InChI=1S/C16H14N2O3/c1-2-20-12-7-5-6-11(10-12)15-17-16(21-18-15)13-8-3-4-9-14(13)19/h3-10,19H,2H2,1H3. The molecule has 0 spiro atoms. The van der Waals surface area contributed by atoms with E-state index in [9.17, 15) is 5.11 Å². The van der Waals surface area contributed by atoms with Gasteiger partial charge in [0, 0.05) is 5.56 Å². The lowest BCUT2D eigenvalue weighted by Crippen LogP contribution is -1.91. The molecule has 21 heavy (non-hydrogen) atoms. The largest absolute Gasteiger partial charge is 0.507 e. The number of para-hydroxylation sites is 1. The number of rotatable bonds is 4. The molecular formula is C16H14N2O3. The third kappa shape index (κ3) is 2.72. The molecule has 3 rings (SSSR count). The molecular weight excluding hydrogens is 268 g/mol. The third-order valence-corrected chi connectivity index (χ3v) is 2.96. The van der Waals surface area contributed by atoms with Crippen LogP contribution in [0.4, 0.5) is 0 Å². The van der Waals surface area contributed by atoms with Crippen LogP contribution < -0.4 is 4.74 Å². The van der Waals surface area contributed by atoms with Gasteiger partial charge in [-0.1, -0.05) is 29.4 Å². The summed E-state index contributed by atoms with van der Waals surface area (Å²) in [5.41, 5.74) is 1.31. The van der Waals surface area contributed by atoms with Gasteiger partial charge >= 0.3 is 0 Å². The van der Waals surface area contributed by atoms with Crippen LogP contribution in [0.5, 0.6) is 11.5 Å². The highest BCUT2D eigenvalue weighted by Crippen LogP contribution is 2.29. The lowest BCUT2D eigenvalue weighted by molar-refractivity contribution is 0.340. The van der Waals surface area contributed by atoms with Crippen molar-refractivity contribution >= 4 is 0 Å². The first-order chi connectivity index (χ1) is 10.3. The van der Waals surface area contributed by atoms with Gasteiger partial charge in [-0.2, -0.15) is 4.98 Å². The SMILES string of the molecule is CCOc1cccc(-c2noc(-c3ccccc3O)n2)c1. The van der Waals surface area contributed by atoms with Crippen molar-refractivity contribution in [1.29, 1.82) is 0 Å². The summed E-state index contributed by atoms with van der Waals surface area (Å²) in [6.45, 7) is 2.52. The van der Waals surface area contributed by atoms with E-state index in [-0.39, 0.29) is 11.6 Å². The van der Waals surface area contributed by atoms with Crippen LogP contribution in [0.15, 0.2) is 53.1 Å². The normalized spacial score (nSPS) is 10.5. The van der Waals surface area contributed by atoms with Gasteiger partial charge in [-0.05, 0) is 31.2 Å². The summed E-state index contributed by atoms with van der Waals surface area (Å²) < 4.78 is 10.7. The summed E-state index contributed by atoms with van der Waals surface area (Å²) in [7, 11) is 0. The molecule has 106 valence electrons. The number of benzene rings is 2. The van der Waals surface area contributed by atoms with Crippen LogP contribution in [0.25, 0.3) is 22.8 Å². The molecule has 1 heterocycles. The van der Waals surface area contributed by atoms with Gasteiger partial charge in [0.2, 0.25) is 5.82 Å². The molecule has 2 aromatic carbocycles. The second-order valence-corrected chi connectivity index (χ2v) is 4.40. The molecule has 0 fully saturated rings. The predicted octanol–water partition coefficient (Wildman–Crippen LogP) is 3.51. The van der Waals surface area contributed by atoms with Crippen molar-refractivity contribution in [2.24, 2.45) is 0 Å². The molecule has 0 aliphatic rings. The fourth-order valence-electron chi connectivity index (χ4n) is 2.00. The molecule has 0 bridgehead atoms. The van der Waals surface area contributed by atoms with Crippen LogP contribution in [0, 0.1) is 0 Å². The Morgan fingerprint density at radius 2 is 2.00 bits per heavy atom. The van der Waals surface area contributed by atoms with E-state index in [2.05, 4.69) is 10.1 Å². The molecule has 5 heteroatoms. The summed E-state index contributed by atoms with van der Waals surface area (Å²) in [4.78, 5) is 4.32. The molecule has 0 amide bonds. The zero-order valence-corrected chi connectivity index (χ0v) is 11.5. The fraction of sp³-hybridized carbons (Fsp3) is 0.125. The number of nitrogens with zero attached hydrogens (tertiary/aromatic N) is 2. The predicted molar refractivity (Wildman–Crippen MR) is 78.0 cm³/mol. The second-order valence-electron chi connectivity index (χ2n) is 4.40. The third-order valence-electron chi connectivity index (χ3n) is 2.96. The lowest BCUT2D eigenvalue weighted by Gasteiger charge is -2.03. The molecule has 1 aromatic heterocycles. The Labute approximate surface area is 121 Å². The molecule has 0 unspecified atom stereocenters. The van der Waals surface area contributed by atoms with Crippen LogP contribution in [0.3, 0.4) is 0 Å². The van der Waals surface area contributed by atoms with Gasteiger partial charge in [0.05, 0.1) is 12.2 Å². The van der Waals surface area contributed by atoms with Crippen LogP contribution >= 0.6 is 0 Å². The Morgan fingerprint density at radius 1 is 1.14 bits per heavy atom. The van der Waals surface area contributed by atoms with Crippen molar-refractivity contribution in [3.8, 4) is 34.3 Å². The minimum Gasteiger partial charge on any atom is -0.507 e. The molecule has 1 N–H and O–H groups in total. The van der Waals surface area contributed by atoms with Gasteiger partial charge in [0.15, 0.2) is 0 Å². The van der Waals surface area contributed by atoms with E-state index < -0.39 is 0 Å². The first-order valence-corrected chi connectivity index (χ1v) is 6.63. The van der Waals surface area contributed by atoms with Crippen LogP contribution in [-0.2, 0) is 0 Å². The van der Waals surface area contributed by atoms with Gasteiger partial charge < -0.3 is 14.4 Å². The smallest absolute Gasteiger partial charge is 0.261 e. The number of ether oxygens (including phenoxy) is 1. The van der Waals surface area contributed by atoms with Gasteiger partial charge in [0.1, 0.15) is 11.5 Å². The van der Waals surface area contributed by atoms with Crippen molar-refractivity contribution in [1.82, 2.24) is 10.1 Å². The molecule has 0 aliphatic carbocycles. The van der Waals surface area contributed by atoms with E-state index in [1.54, 1.807) is 24.3 Å². The highest BCUT2D eigenvalue weighted by Gasteiger charge is 2.13. The van der Waals surface area contributed by atoms with Crippen molar-refractivity contribution in [2.45, 2.75) is 6.92 Å². The quantitative estimate of drug-likeness (QED) is 0.793. The van der Waals surface area contributed by atoms with Crippen molar-refractivity contribution < 1.29 is 14.4 Å². The van der Waals surface area contributed by atoms with Crippen molar-refractivity contribution in [3.63, 3.8) is 0 Å². The summed E-state index contributed by atoms with van der Waals surface area (Å²) in [5, 5.41) is 13.8. The summed E-state index contributed by atoms with van der Waals surface area (Å²) in [6.07, 6.45) is 0. The van der Waals surface area contributed by atoms with Crippen molar-refractivity contribution in [2.75, 3.05) is 6.61 Å². The van der Waals surface area contributed by atoms with E-state index in [4.69, 9.17) is 9.26 Å². The minimum absolute atomic E-state index is 0.107. The first-order valence-electron chi connectivity index (χ1n) is 6.63. The number of aromatic nitrogens is 2. The lowest BCUT2D eigenvalue weighted by atomic mass is 10.2. The van der Waals surface area contributed by atoms with E-state index in [0.29, 0.717) is 18.0 Å². The molecule has 0 atom stereocenters. The minimum atomic E-state index is 0.107. The maximum absolute atomic E-state index is 9.81. The van der Waals surface area contributed by atoms with E-state index in [1.165, 1.54) is 0 Å². The Morgan fingerprint density at radius 3 is 2.81 bits per heavy atom. The average Bonchev–Trinajstić information content (AvgIpc) is 2.98. The van der Waals surface area contributed by atoms with E-state index in [0.717, 1.165) is 11.3 Å². The summed E-state index contributed by atoms with van der Waals surface area (Å²) in [6, 6.07) is 14.3. The summed E-state index contributed by atoms with van der Waals surface area (Å²) >= 11 is 0. The first kappa shape index (κ1) is 13.2. The maximum atomic E-state index is 9.81. The molecule has 0 aliphatic heterocycles. The Balaban J connectivity index is 1.95. The summed E-state index contributed by atoms with van der Waals surface area (Å²) in [5.74, 6) is 1.60. The average molecular weight is 282 g/mol. The highest BCUT2D eigenvalue weighted by atomic mass is 16.5. The zero-order chi connectivity index (χ0) is 14.7. The number of hydrogen-bond donors (Lipinski definition) is 1. The van der Waals surface area contributed by atoms with Gasteiger partial charge in [-0.3, -0.25) is 0 Å². The van der Waals surface area contributed by atoms with E-state index in [1.807, 2.05) is 31.2 Å². The van der Waals surface area contributed by atoms with E-state index >= 15 is 0 Å². The highest BCUT2D eigenvalue weighted by molar-refractivity contribution is 5.65. The van der Waals surface area contributed by atoms with Crippen LogP contribution in [-0.4, -0.2) is 21.9 Å². The van der Waals surface area contributed by atoms with Crippen molar-refractivity contribution in [3.05, 3.63) is 48.5 Å². The molecule has 3 aromatic rings. The number of aromatic hydroxyl groups is 1. The monoisotopic (exact) mass is 282 g/mol. The maximum Gasteiger partial charge on any atom is 0.261 e. The zero-order valence-electron chi connectivity index (χ0n) is 11.5. The second kappa shape index (κ2) is 5.66. The Bertz CT molecular complexity index is 753. The van der Waals surface area contributed by atoms with Gasteiger partial charge in [-0.15, -0.1) is 0 Å². The molecule has 0 saturated carbocycles. The Hall–Kier alpha value is -2.82. The van der Waals surface area contributed by atoms with Crippen LogP contribution in [0.1, 0.15) is 6.92 Å². The Kier molecular flexibility index (Phi) is 3.55. The fourth-order valence-corrected chi connectivity index (χ4v) is 2.00. The van der Waals surface area contributed by atoms with Gasteiger partial charge in [-0.25, -0.2) is 0 Å². The number of phenolic OH excluding ortho intramolecular Hbond substituents is 1. The van der Waals surface area contributed by atoms with Gasteiger partial charge in [0.25, 0.3) is 5.89 Å². The number of phenols is 1. The van der Waals surface area contributed by atoms with Crippen LogP contribution in [0.2, 0.25) is 0 Å². The number of hydrogen-bond acceptors (Lipinski definition) is 5. The molecule has 0 saturated heterocycles.